The standard InChI is InChI=1S/C20H25N3O2/c1-13-6-8-16(11-15(13)3)20(25)22-17-9-7-14(2)18(12-17)23-19(24)5-4-10-21/h6-9,11-12H,4-5,10,21H2,1-3H3,(H,22,25)(H,23,24). The van der Waals surface area contributed by atoms with E-state index in [4.69, 9.17) is 5.73 Å². The van der Waals surface area contributed by atoms with E-state index in [-0.39, 0.29) is 11.8 Å². The third-order valence-corrected chi connectivity index (χ3v) is 4.15. The molecule has 2 aromatic rings. The van der Waals surface area contributed by atoms with Crippen LogP contribution >= 0.6 is 0 Å². The molecule has 5 nitrogen and oxygen atoms in total. The summed E-state index contributed by atoms with van der Waals surface area (Å²) in [5.41, 5.74) is 10.5. The summed E-state index contributed by atoms with van der Waals surface area (Å²) in [7, 11) is 0. The normalized spacial score (nSPS) is 10.4. The third-order valence-electron chi connectivity index (χ3n) is 4.15. The maximum absolute atomic E-state index is 12.4. The van der Waals surface area contributed by atoms with Gasteiger partial charge in [0.05, 0.1) is 0 Å². The first-order valence-corrected chi connectivity index (χ1v) is 8.40. The average molecular weight is 339 g/mol. The second-order valence-electron chi connectivity index (χ2n) is 6.22. The topological polar surface area (TPSA) is 84.2 Å². The highest BCUT2D eigenvalue weighted by Crippen LogP contribution is 2.21. The third kappa shape index (κ3) is 5.16. The Kier molecular flexibility index (Phi) is 6.31. The Balaban J connectivity index is 2.11. The van der Waals surface area contributed by atoms with E-state index in [9.17, 15) is 9.59 Å². The predicted molar refractivity (Wildman–Crippen MR) is 102 cm³/mol. The highest BCUT2D eigenvalue weighted by Gasteiger charge is 2.10. The van der Waals surface area contributed by atoms with Crippen LogP contribution in [0.3, 0.4) is 0 Å². The summed E-state index contributed by atoms with van der Waals surface area (Å²) >= 11 is 0. The van der Waals surface area contributed by atoms with Gasteiger partial charge in [-0.25, -0.2) is 0 Å². The van der Waals surface area contributed by atoms with Gasteiger partial charge in [-0.3, -0.25) is 9.59 Å². The number of anilines is 2. The van der Waals surface area contributed by atoms with Gasteiger partial charge in [0.15, 0.2) is 0 Å². The van der Waals surface area contributed by atoms with Crippen molar-refractivity contribution in [3.63, 3.8) is 0 Å². The molecule has 0 unspecified atom stereocenters. The van der Waals surface area contributed by atoms with Crippen molar-refractivity contribution in [3.05, 3.63) is 58.7 Å². The van der Waals surface area contributed by atoms with Crippen molar-refractivity contribution < 1.29 is 9.59 Å². The fourth-order valence-corrected chi connectivity index (χ4v) is 2.40. The van der Waals surface area contributed by atoms with Gasteiger partial charge in [-0.1, -0.05) is 12.1 Å². The van der Waals surface area contributed by atoms with Crippen LogP contribution in [0.15, 0.2) is 36.4 Å². The van der Waals surface area contributed by atoms with Gasteiger partial charge in [-0.15, -0.1) is 0 Å². The molecule has 0 aromatic heterocycles. The first-order valence-electron chi connectivity index (χ1n) is 8.40. The molecule has 0 fully saturated rings. The minimum Gasteiger partial charge on any atom is -0.330 e. The first-order chi connectivity index (χ1) is 11.9. The zero-order chi connectivity index (χ0) is 18.4. The fraction of sp³-hybridized carbons (Fsp3) is 0.300. The molecule has 4 N–H and O–H groups in total. The van der Waals surface area contributed by atoms with E-state index in [1.54, 1.807) is 12.1 Å². The molecule has 0 heterocycles. The molecule has 0 aliphatic rings. The lowest BCUT2D eigenvalue weighted by atomic mass is 10.1. The molecule has 0 saturated carbocycles. The molecule has 2 amide bonds. The lowest BCUT2D eigenvalue weighted by Gasteiger charge is -2.12. The van der Waals surface area contributed by atoms with Crippen LogP contribution in [0.2, 0.25) is 0 Å². The number of benzene rings is 2. The molecule has 0 aliphatic heterocycles. The van der Waals surface area contributed by atoms with Gasteiger partial charge in [-0.2, -0.15) is 0 Å². The number of hydrogen-bond donors (Lipinski definition) is 3. The summed E-state index contributed by atoms with van der Waals surface area (Å²) in [6, 6.07) is 11.1. The predicted octanol–water partition coefficient (Wildman–Crippen LogP) is 3.54. The van der Waals surface area contributed by atoms with Crippen LogP contribution in [-0.2, 0) is 4.79 Å². The van der Waals surface area contributed by atoms with Gasteiger partial charge in [-0.05, 0) is 74.7 Å². The second kappa shape index (κ2) is 8.44. The number of rotatable bonds is 6. The van der Waals surface area contributed by atoms with Crippen LogP contribution in [0.1, 0.15) is 39.9 Å². The van der Waals surface area contributed by atoms with Crippen LogP contribution in [0, 0.1) is 20.8 Å². The summed E-state index contributed by atoms with van der Waals surface area (Å²) in [5, 5.41) is 5.75. The van der Waals surface area contributed by atoms with Crippen molar-refractivity contribution in [2.75, 3.05) is 17.2 Å². The summed E-state index contributed by atoms with van der Waals surface area (Å²) in [6.45, 7) is 6.38. The smallest absolute Gasteiger partial charge is 0.255 e. The number of nitrogens with one attached hydrogen (secondary N) is 2. The summed E-state index contributed by atoms with van der Waals surface area (Å²) in [5.74, 6) is -0.251. The molecule has 25 heavy (non-hydrogen) atoms. The molecule has 0 saturated heterocycles. The van der Waals surface area contributed by atoms with Crippen LogP contribution in [0.25, 0.3) is 0 Å². The quantitative estimate of drug-likeness (QED) is 0.752. The van der Waals surface area contributed by atoms with Gasteiger partial charge in [0, 0.05) is 23.4 Å². The zero-order valence-corrected chi connectivity index (χ0v) is 15.0. The molecular formula is C20H25N3O2. The Bertz CT molecular complexity index is 785. The van der Waals surface area contributed by atoms with E-state index in [1.807, 2.05) is 45.0 Å². The Morgan fingerprint density at radius 2 is 1.64 bits per heavy atom. The second-order valence-corrected chi connectivity index (χ2v) is 6.22. The summed E-state index contributed by atoms with van der Waals surface area (Å²) in [6.07, 6.45) is 1.03. The molecule has 2 rings (SSSR count). The number of amides is 2. The number of hydrogen-bond acceptors (Lipinski definition) is 3. The molecule has 2 aromatic carbocycles. The van der Waals surface area contributed by atoms with Crippen molar-refractivity contribution in [1.29, 1.82) is 0 Å². The van der Waals surface area contributed by atoms with Crippen molar-refractivity contribution in [2.24, 2.45) is 5.73 Å². The fourth-order valence-electron chi connectivity index (χ4n) is 2.40. The van der Waals surface area contributed by atoms with Gasteiger partial charge in [0.1, 0.15) is 0 Å². The number of nitrogens with two attached hydrogens (primary N) is 1. The zero-order valence-electron chi connectivity index (χ0n) is 15.0. The Hall–Kier alpha value is -2.66. The summed E-state index contributed by atoms with van der Waals surface area (Å²) in [4.78, 5) is 24.3. The van der Waals surface area contributed by atoms with Gasteiger partial charge in [0.2, 0.25) is 5.91 Å². The van der Waals surface area contributed by atoms with Crippen LogP contribution < -0.4 is 16.4 Å². The van der Waals surface area contributed by atoms with Crippen molar-refractivity contribution in [2.45, 2.75) is 33.6 Å². The Morgan fingerprint density at radius 1 is 0.920 bits per heavy atom. The van der Waals surface area contributed by atoms with Gasteiger partial charge < -0.3 is 16.4 Å². The average Bonchev–Trinajstić information content (AvgIpc) is 2.58. The maximum atomic E-state index is 12.4. The SMILES string of the molecule is Cc1ccc(C(=O)Nc2ccc(C)c(NC(=O)CCCN)c2)cc1C. The van der Waals surface area contributed by atoms with Crippen molar-refractivity contribution in [3.8, 4) is 0 Å². The largest absolute Gasteiger partial charge is 0.330 e. The molecule has 132 valence electrons. The minimum atomic E-state index is -0.174. The lowest BCUT2D eigenvalue weighted by molar-refractivity contribution is -0.116. The molecular weight excluding hydrogens is 314 g/mol. The van der Waals surface area contributed by atoms with Crippen LogP contribution in [0.4, 0.5) is 11.4 Å². The summed E-state index contributed by atoms with van der Waals surface area (Å²) < 4.78 is 0. The van der Waals surface area contributed by atoms with E-state index in [1.165, 1.54) is 0 Å². The molecule has 0 bridgehead atoms. The molecule has 0 atom stereocenters. The minimum absolute atomic E-state index is 0.0776. The van der Waals surface area contributed by atoms with Gasteiger partial charge >= 0.3 is 0 Å². The van der Waals surface area contributed by atoms with Gasteiger partial charge in [0.25, 0.3) is 5.91 Å². The molecule has 5 heteroatoms. The van der Waals surface area contributed by atoms with E-state index >= 15 is 0 Å². The highest BCUT2D eigenvalue weighted by molar-refractivity contribution is 6.05. The molecule has 0 spiro atoms. The maximum Gasteiger partial charge on any atom is 0.255 e. The monoisotopic (exact) mass is 339 g/mol. The number of carbonyl (C=O) groups excluding carboxylic acids is 2. The van der Waals surface area contributed by atoms with Crippen molar-refractivity contribution in [1.82, 2.24) is 0 Å². The van der Waals surface area contributed by atoms with Crippen LogP contribution in [0.5, 0.6) is 0 Å². The Labute approximate surface area is 148 Å². The molecule has 0 aliphatic carbocycles. The highest BCUT2D eigenvalue weighted by atomic mass is 16.2. The Morgan fingerprint density at radius 3 is 2.32 bits per heavy atom. The van der Waals surface area contributed by atoms with Crippen molar-refractivity contribution >= 4 is 23.2 Å². The van der Waals surface area contributed by atoms with E-state index < -0.39 is 0 Å². The molecule has 0 radical (unpaired) electrons. The van der Waals surface area contributed by atoms with E-state index in [2.05, 4.69) is 10.6 Å². The number of aryl methyl sites for hydroxylation is 3. The first kappa shape index (κ1) is 18.7. The van der Waals surface area contributed by atoms with E-state index in [0.29, 0.717) is 36.3 Å². The van der Waals surface area contributed by atoms with E-state index in [0.717, 1.165) is 16.7 Å². The number of carbonyl (C=O) groups is 2. The lowest BCUT2D eigenvalue weighted by Crippen LogP contribution is -2.15. The van der Waals surface area contributed by atoms with Crippen LogP contribution in [-0.4, -0.2) is 18.4 Å².